The monoisotopic (exact) mass is 209 g/mol. The van der Waals surface area contributed by atoms with Gasteiger partial charge in [-0.3, -0.25) is 0 Å². The molecule has 0 aliphatic rings. The molecule has 1 rings (SSSR count). The molecule has 0 radical (unpaired) electrons. The number of rotatable bonds is 3. The van der Waals surface area contributed by atoms with Crippen LogP contribution < -0.4 is 0 Å². The third-order valence-corrected chi connectivity index (χ3v) is 3.54. The van der Waals surface area contributed by atoms with Crippen LogP contribution in [-0.4, -0.2) is 5.11 Å². The molecule has 76 valence electrons. The Bertz CT molecular complexity index is 352. The first-order valence-electron chi connectivity index (χ1n) is 4.68. The largest absolute Gasteiger partial charge is 0.387 e. The lowest BCUT2D eigenvalue weighted by Crippen LogP contribution is -2.22. The molecule has 14 heavy (non-hydrogen) atoms. The lowest BCUT2D eigenvalue weighted by Gasteiger charge is -2.25. The van der Waals surface area contributed by atoms with Gasteiger partial charge in [0, 0.05) is 4.88 Å². The van der Waals surface area contributed by atoms with Gasteiger partial charge in [0.05, 0.1) is 17.6 Å². The van der Waals surface area contributed by atoms with Crippen LogP contribution in [0.25, 0.3) is 0 Å². The third kappa shape index (κ3) is 1.97. The van der Waals surface area contributed by atoms with E-state index in [-0.39, 0.29) is 0 Å². The van der Waals surface area contributed by atoms with Crippen LogP contribution in [0.3, 0.4) is 0 Å². The zero-order valence-corrected chi connectivity index (χ0v) is 9.56. The fourth-order valence-electron chi connectivity index (χ4n) is 1.31. The molecule has 0 amide bonds. The molecule has 1 aromatic rings. The van der Waals surface area contributed by atoms with Crippen molar-refractivity contribution < 1.29 is 5.11 Å². The first-order valence-corrected chi connectivity index (χ1v) is 5.56. The number of aliphatic hydroxyl groups is 1. The van der Waals surface area contributed by atoms with E-state index in [1.54, 1.807) is 18.3 Å². The molecule has 2 atom stereocenters. The fourth-order valence-corrected chi connectivity index (χ4v) is 2.03. The molecule has 0 fully saturated rings. The molecule has 1 aromatic heterocycles. The van der Waals surface area contributed by atoms with Gasteiger partial charge in [-0.1, -0.05) is 6.92 Å². The molecule has 0 aliphatic heterocycles. The summed E-state index contributed by atoms with van der Waals surface area (Å²) >= 11 is 1.60. The summed E-state index contributed by atoms with van der Waals surface area (Å²) in [5.41, 5.74) is 0.187. The van der Waals surface area contributed by atoms with E-state index in [1.165, 1.54) is 0 Å². The Balaban J connectivity index is 2.95. The van der Waals surface area contributed by atoms with Gasteiger partial charge in [0.1, 0.15) is 0 Å². The second kappa shape index (κ2) is 4.12. The smallest absolute Gasteiger partial charge is 0.0981 e. The minimum atomic E-state index is -0.678. The molecule has 0 saturated heterocycles. The molecule has 1 N–H and O–H groups in total. The molecular formula is C11H15NOS. The topological polar surface area (TPSA) is 44.0 Å². The molecular weight excluding hydrogens is 194 g/mol. The molecule has 0 aliphatic carbocycles. The average Bonchev–Trinajstić information content (AvgIpc) is 2.62. The van der Waals surface area contributed by atoms with E-state index in [2.05, 4.69) is 6.07 Å². The number of nitriles is 1. The third-order valence-electron chi connectivity index (χ3n) is 2.66. The average molecular weight is 209 g/mol. The van der Waals surface area contributed by atoms with Crippen molar-refractivity contribution in [3.63, 3.8) is 0 Å². The van der Waals surface area contributed by atoms with E-state index in [0.717, 1.165) is 10.4 Å². The molecule has 0 aromatic carbocycles. The van der Waals surface area contributed by atoms with E-state index >= 15 is 0 Å². The van der Waals surface area contributed by atoms with Gasteiger partial charge in [-0.25, -0.2) is 0 Å². The number of aliphatic hydroxyl groups excluding tert-OH is 1. The summed E-state index contributed by atoms with van der Waals surface area (Å²) < 4.78 is 0. The van der Waals surface area contributed by atoms with Crippen LogP contribution in [0, 0.1) is 23.7 Å². The SMILES string of the molecule is CCC(C)(C#N)C(O)c1csc(C)c1. The fraction of sp³-hybridized carbons (Fsp3) is 0.545. The number of hydrogen-bond acceptors (Lipinski definition) is 3. The molecule has 0 bridgehead atoms. The second-order valence-electron chi connectivity index (χ2n) is 3.78. The van der Waals surface area contributed by atoms with E-state index in [4.69, 9.17) is 5.26 Å². The van der Waals surface area contributed by atoms with Gasteiger partial charge in [0.2, 0.25) is 0 Å². The Morgan fingerprint density at radius 1 is 1.71 bits per heavy atom. The summed E-state index contributed by atoms with van der Waals surface area (Å²) in [7, 11) is 0. The van der Waals surface area contributed by atoms with Crippen LogP contribution >= 0.6 is 11.3 Å². The molecule has 0 saturated carbocycles. The van der Waals surface area contributed by atoms with Crippen molar-refractivity contribution >= 4 is 11.3 Å². The normalized spacial score (nSPS) is 17.1. The minimum Gasteiger partial charge on any atom is -0.387 e. The van der Waals surface area contributed by atoms with Crippen LogP contribution in [0.1, 0.15) is 36.8 Å². The van der Waals surface area contributed by atoms with E-state index in [9.17, 15) is 5.11 Å². The van der Waals surface area contributed by atoms with Gasteiger partial charge < -0.3 is 5.11 Å². The molecule has 2 unspecified atom stereocenters. The van der Waals surface area contributed by atoms with Gasteiger partial charge in [0.25, 0.3) is 0 Å². The van der Waals surface area contributed by atoms with E-state index < -0.39 is 11.5 Å². The first-order chi connectivity index (χ1) is 6.53. The van der Waals surface area contributed by atoms with Crippen molar-refractivity contribution in [3.05, 3.63) is 21.9 Å². The predicted octanol–water partition coefficient (Wildman–Crippen LogP) is 3.03. The quantitative estimate of drug-likeness (QED) is 0.831. The number of nitrogens with zero attached hydrogens (tertiary/aromatic N) is 1. The van der Waals surface area contributed by atoms with Crippen molar-refractivity contribution in [2.45, 2.75) is 33.3 Å². The maximum Gasteiger partial charge on any atom is 0.0981 e. The van der Waals surface area contributed by atoms with Crippen molar-refractivity contribution in [3.8, 4) is 6.07 Å². The van der Waals surface area contributed by atoms with Crippen LogP contribution in [0.2, 0.25) is 0 Å². The molecule has 1 heterocycles. The van der Waals surface area contributed by atoms with Crippen LogP contribution in [0.4, 0.5) is 0 Å². The Morgan fingerprint density at radius 2 is 2.36 bits per heavy atom. The van der Waals surface area contributed by atoms with Crippen LogP contribution in [-0.2, 0) is 0 Å². The number of thiophene rings is 1. The summed E-state index contributed by atoms with van der Waals surface area (Å²) in [5, 5.41) is 21.0. The highest BCUT2D eigenvalue weighted by Gasteiger charge is 2.32. The number of aryl methyl sites for hydroxylation is 1. The zero-order chi connectivity index (χ0) is 10.8. The van der Waals surface area contributed by atoms with E-state index in [1.807, 2.05) is 25.3 Å². The highest BCUT2D eigenvalue weighted by molar-refractivity contribution is 7.10. The van der Waals surface area contributed by atoms with Gasteiger partial charge in [0.15, 0.2) is 0 Å². The van der Waals surface area contributed by atoms with Crippen LogP contribution in [0.15, 0.2) is 11.4 Å². The summed E-state index contributed by atoms with van der Waals surface area (Å²) in [6, 6.07) is 4.14. The minimum absolute atomic E-state index is 0.652. The van der Waals surface area contributed by atoms with E-state index in [0.29, 0.717) is 6.42 Å². The van der Waals surface area contributed by atoms with Crippen LogP contribution in [0.5, 0.6) is 0 Å². The lowest BCUT2D eigenvalue weighted by atomic mass is 9.80. The van der Waals surface area contributed by atoms with Gasteiger partial charge in [-0.2, -0.15) is 5.26 Å². The zero-order valence-electron chi connectivity index (χ0n) is 8.74. The van der Waals surface area contributed by atoms with Gasteiger partial charge in [-0.15, -0.1) is 11.3 Å². The second-order valence-corrected chi connectivity index (χ2v) is 4.89. The maximum atomic E-state index is 10.0. The summed E-state index contributed by atoms with van der Waals surface area (Å²) in [5.74, 6) is 0. The van der Waals surface area contributed by atoms with Gasteiger partial charge >= 0.3 is 0 Å². The Morgan fingerprint density at radius 3 is 2.71 bits per heavy atom. The van der Waals surface area contributed by atoms with Crippen molar-refractivity contribution in [2.24, 2.45) is 5.41 Å². The maximum absolute atomic E-state index is 10.0. The van der Waals surface area contributed by atoms with Crippen molar-refractivity contribution in [2.75, 3.05) is 0 Å². The lowest BCUT2D eigenvalue weighted by molar-refractivity contribution is 0.0726. The van der Waals surface area contributed by atoms with Crippen molar-refractivity contribution in [1.82, 2.24) is 0 Å². The standard InChI is InChI=1S/C11H15NOS/c1-4-11(3,7-12)10(13)9-5-8(2)14-6-9/h5-6,10,13H,4H2,1-3H3. The van der Waals surface area contributed by atoms with Gasteiger partial charge in [-0.05, 0) is 37.3 Å². The summed E-state index contributed by atoms with van der Waals surface area (Å²) in [6.45, 7) is 5.72. The molecule has 3 heteroatoms. The summed E-state index contributed by atoms with van der Waals surface area (Å²) in [6.07, 6.45) is -0.0259. The number of hydrogen-bond donors (Lipinski definition) is 1. The Hall–Kier alpha value is -0.850. The summed E-state index contributed by atoms with van der Waals surface area (Å²) in [4.78, 5) is 1.16. The Labute approximate surface area is 88.8 Å². The molecule has 2 nitrogen and oxygen atoms in total. The molecule has 0 spiro atoms. The highest BCUT2D eigenvalue weighted by atomic mass is 32.1. The highest BCUT2D eigenvalue weighted by Crippen LogP contribution is 2.37. The Kier molecular flexibility index (Phi) is 3.30. The first kappa shape index (κ1) is 11.2. The predicted molar refractivity (Wildman–Crippen MR) is 58.0 cm³/mol. The van der Waals surface area contributed by atoms with Crippen molar-refractivity contribution in [1.29, 1.82) is 5.26 Å².